The van der Waals surface area contributed by atoms with E-state index in [1.807, 2.05) is 48.5 Å². The Morgan fingerprint density at radius 1 is 0.848 bits per heavy atom. The lowest BCUT2D eigenvalue weighted by molar-refractivity contribution is 0.606. The van der Waals surface area contributed by atoms with Crippen LogP contribution in [0.2, 0.25) is 0 Å². The lowest BCUT2D eigenvalue weighted by atomic mass is 9.76. The van der Waals surface area contributed by atoms with Gasteiger partial charge in [0.05, 0.1) is 23.6 Å². The lowest BCUT2D eigenvalue weighted by Gasteiger charge is -2.28. The third kappa shape index (κ3) is 5.40. The van der Waals surface area contributed by atoms with Crippen molar-refractivity contribution in [2.45, 2.75) is 11.8 Å². The molecule has 4 aromatic rings. The van der Waals surface area contributed by atoms with E-state index in [-0.39, 0.29) is 17.7 Å². The Morgan fingerprint density at radius 2 is 1.48 bits per heavy atom. The summed E-state index contributed by atoms with van der Waals surface area (Å²) in [6, 6.07) is 22.5. The van der Waals surface area contributed by atoms with Crippen LogP contribution in [0.15, 0.2) is 91.5 Å². The fourth-order valence-corrected chi connectivity index (χ4v) is 4.40. The van der Waals surface area contributed by atoms with Gasteiger partial charge >= 0.3 is 0 Å². The van der Waals surface area contributed by atoms with Crippen molar-refractivity contribution < 1.29 is 8.42 Å². The lowest BCUT2D eigenvalue weighted by Crippen LogP contribution is -2.18. The maximum absolute atomic E-state index is 11.8. The second kappa shape index (κ2) is 9.59. The molecule has 4 rings (SSSR count). The van der Waals surface area contributed by atoms with E-state index in [4.69, 9.17) is 0 Å². The van der Waals surface area contributed by atoms with E-state index >= 15 is 0 Å². The SMILES string of the molecule is CS(=O)(=O)Nc1cccc([C@@H](c2cccc(C#N)c2)C(c2cccnc2)c2cccnc2)n1. The standard InChI is InChI=1S/C25H21N5O2S/c1-33(31,32)30-23-11-3-10-22(29-23)25(19-7-2-6-18(14-19)15-26)24(20-8-4-12-27-16-20)21-9-5-13-28-17-21/h2-14,16-17,24-25H,1H3,(H,29,30)/t25-/m1/s1. The molecule has 0 fully saturated rings. The molecular weight excluding hydrogens is 434 g/mol. The second-order valence-corrected chi connectivity index (χ2v) is 9.34. The van der Waals surface area contributed by atoms with Crippen molar-refractivity contribution >= 4 is 15.8 Å². The summed E-state index contributed by atoms with van der Waals surface area (Å²) in [6.45, 7) is 0. The van der Waals surface area contributed by atoms with Gasteiger partial charge in [-0.2, -0.15) is 5.26 Å². The van der Waals surface area contributed by atoms with Crippen molar-refractivity contribution in [2.75, 3.05) is 11.0 Å². The molecule has 1 atom stereocenters. The molecule has 33 heavy (non-hydrogen) atoms. The number of hydrogen-bond acceptors (Lipinski definition) is 6. The molecule has 0 bridgehead atoms. The number of rotatable bonds is 7. The molecule has 0 saturated carbocycles. The van der Waals surface area contributed by atoms with Crippen LogP contribution >= 0.6 is 0 Å². The molecule has 1 N–H and O–H groups in total. The van der Waals surface area contributed by atoms with Crippen LogP contribution in [0, 0.1) is 11.3 Å². The number of nitrogens with zero attached hydrogens (tertiary/aromatic N) is 4. The van der Waals surface area contributed by atoms with Crippen LogP contribution < -0.4 is 4.72 Å². The summed E-state index contributed by atoms with van der Waals surface area (Å²) >= 11 is 0. The largest absolute Gasteiger partial charge is 0.268 e. The zero-order chi connectivity index (χ0) is 23.3. The number of nitrogens with one attached hydrogen (secondary N) is 1. The molecule has 0 aliphatic carbocycles. The van der Waals surface area contributed by atoms with Crippen LogP contribution in [-0.4, -0.2) is 29.6 Å². The number of pyridine rings is 3. The van der Waals surface area contributed by atoms with Crippen molar-refractivity contribution in [1.82, 2.24) is 15.0 Å². The van der Waals surface area contributed by atoms with Gasteiger partial charge in [-0.05, 0) is 53.1 Å². The molecule has 0 aliphatic rings. The first-order valence-electron chi connectivity index (χ1n) is 10.2. The summed E-state index contributed by atoms with van der Waals surface area (Å²) in [5.74, 6) is -0.345. The Kier molecular flexibility index (Phi) is 6.43. The third-order valence-electron chi connectivity index (χ3n) is 5.17. The summed E-state index contributed by atoms with van der Waals surface area (Å²) in [5.41, 5.74) is 3.94. The Bertz CT molecular complexity index is 1350. The Morgan fingerprint density at radius 3 is 2.06 bits per heavy atom. The normalized spacial score (nSPS) is 12.2. The summed E-state index contributed by atoms with van der Waals surface area (Å²) in [5, 5.41) is 9.50. The van der Waals surface area contributed by atoms with Gasteiger partial charge in [-0.1, -0.05) is 30.3 Å². The van der Waals surface area contributed by atoms with Gasteiger partial charge in [0.1, 0.15) is 5.82 Å². The molecule has 0 unspecified atom stereocenters. The molecule has 0 radical (unpaired) electrons. The topological polar surface area (TPSA) is 109 Å². The first-order chi connectivity index (χ1) is 15.9. The maximum Gasteiger partial charge on any atom is 0.230 e. The summed E-state index contributed by atoms with van der Waals surface area (Å²) in [4.78, 5) is 13.3. The highest BCUT2D eigenvalue weighted by Gasteiger charge is 2.30. The molecule has 1 aromatic carbocycles. The highest BCUT2D eigenvalue weighted by atomic mass is 32.2. The van der Waals surface area contributed by atoms with Crippen LogP contribution in [0.4, 0.5) is 5.82 Å². The Hall–Kier alpha value is -4.09. The van der Waals surface area contributed by atoms with E-state index in [9.17, 15) is 13.7 Å². The van der Waals surface area contributed by atoms with Crippen molar-refractivity contribution in [1.29, 1.82) is 5.26 Å². The first kappa shape index (κ1) is 22.1. The number of hydrogen-bond donors (Lipinski definition) is 1. The average molecular weight is 456 g/mol. The van der Waals surface area contributed by atoms with Gasteiger partial charge in [0.25, 0.3) is 0 Å². The highest BCUT2D eigenvalue weighted by Crippen LogP contribution is 2.42. The molecule has 164 valence electrons. The quantitative estimate of drug-likeness (QED) is 0.450. The van der Waals surface area contributed by atoms with Crippen molar-refractivity contribution in [3.63, 3.8) is 0 Å². The molecule has 8 heteroatoms. The monoisotopic (exact) mass is 455 g/mol. The van der Waals surface area contributed by atoms with E-state index in [1.54, 1.807) is 43.0 Å². The zero-order valence-corrected chi connectivity index (χ0v) is 18.6. The summed E-state index contributed by atoms with van der Waals surface area (Å²) in [6.07, 6.45) is 8.12. The van der Waals surface area contributed by atoms with Gasteiger partial charge in [0, 0.05) is 36.6 Å². The minimum absolute atomic E-state index is 0.229. The number of aromatic nitrogens is 3. The maximum atomic E-state index is 11.8. The fourth-order valence-electron chi connectivity index (χ4n) is 3.90. The number of anilines is 1. The average Bonchev–Trinajstić information content (AvgIpc) is 2.82. The van der Waals surface area contributed by atoms with Gasteiger partial charge in [0.15, 0.2) is 0 Å². The van der Waals surface area contributed by atoms with Crippen LogP contribution in [0.5, 0.6) is 0 Å². The van der Waals surface area contributed by atoms with Crippen molar-refractivity contribution in [2.24, 2.45) is 0 Å². The van der Waals surface area contributed by atoms with Gasteiger partial charge in [0.2, 0.25) is 10.0 Å². The number of nitriles is 1. The fraction of sp³-hybridized carbons (Fsp3) is 0.120. The van der Waals surface area contributed by atoms with Gasteiger partial charge in [-0.25, -0.2) is 13.4 Å². The summed E-state index contributed by atoms with van der Waals surface area (Å²) < 4.78 is 26.1. The van der Waals surface area contributed by atoms with E-state index < -0.39 is 10.0 Å². The smallest absolute Gasteiger partial charge is 0.230 e. The molecule has 0 aliphatic heterocycles. The van der Waals surface area contributed by atoms with E-state index in [0.29, 0.717) is 11.3 Å². The van der Waals surface area contributed by atoms with Crippen LogP contribution in [0.1, 0.15) is 39.8 Å². The molecular formula is C25H21N5O2S. The van der Waals surface area contributed by atoms with Gasteiger partial charge in [-0.15, -0.1) is 0 Å². The van der Waals surface area contributed by atoms with Crippen LogP contribution in [0.25, 0.3) is 0 Å². The van der Waals surface area contributed by atoms with Crippen LogP contribution in [-0.2, 0) is 10.0 Å². The molecule has 0 amide bonds. The predicted molar refractivity (Wildman–Crippen MR) is 126 cm³/mol. The van der Waals surface area contributed by atoms with E-state index in [0.717, 1.165) is 22.9 Å². The predicted octanol–water partition coefficient (Wildman–Crippen LogP) is 4.08. The third-order valence-corrected chi connectivity index (χ3v) is 5.75. The molecule has 7 nitrogen and oxygen atoms in total. The molecule has 3 aromatic heterocycles. The van der Waals surface area contributed by atoms with Crippen LogP contribution in [0.3, 0.4) is 0 Å². The highest BCUT2D eigenvalue weighted by molar-refractivity contribution is 7.92. The Labute approximate surface area is 192 Å². The second-order valence-electron chi connectivity index (χ2n) is 7.59. The molecule has 3 heterocycles. The van der Waals surface area contributed by atoms with Gasteiger partial charge in [-0.3, -0.25) is 14.7 Å². The van der Waals surface area contributed by atoms with Gasteiger partial charge < -0.3 is 0 Å². The van der Waals surface area contributed by atoms with Crippen molar-refractivity contribution in [3.8, 4) is 6.07 Å². The molecule has 0 spiro atoms. The minimum atomic E-state index is -3.50. The summed E-state index contributed by atoms with van der Waals surface area (Å²) in [7, 11) is -3.50. The van der Waals surface area contributed by atoms with Crippen molar-refractivity contribution in [3.05, 3.63) is 119 Å². The first-order valence-corrected chi connectivity index (χ1v) is 12.1. The number of benzene rings is 1. The Balaban J connectivity index is 1.95. The van der Waals surface area contributed by atoms with E-state index in [1.165, 1.54) is 0 Å². The zero-order valence-electron chi connectivity index (χ0n) is 17.8. The van der Waals surface area contributed by atoms with E-state index in [2.05, 4.69) is 25.7 Å². The molecule has 0 saturated heterocycles. The number of sulfonamides is 1. The minimum Gasteiger partial charge on any atom is -0.268 e.